The molecule has 6 nitrogen and oxygen atoms in total. The third kappa shape index (κ3) is 5.98. The van der Waals surface area contributed by atoms with Gasteiger partial charge in [0.2, 0.25) is 0 Å². The van der Waals surface area contributed by atoms with Crippen molar-refractivity contribution in [3.63, 3.8) is 0 Å². The second-order valence-electron chi connectivity index (χ2n) is 9.04. The Hall–Kier alpha value is -3.97. The molecule has 0 bridgehead atoms. The smallest absolute Gasteiger partial charge is 0.305 e. The molecule has 0 aliphatic carbocycles. The Morgan fingerprint density at radius 2 is 1.64 bits per heavy atom. The fourth-order valence-corrected chi connectivity index (χ4v) is 4.11. The number of likely N-dealkylation sites (N-methyl/N-ethyl adjacent to an activating group) is 1. The number of nitrogens with zero attached hydrogens (tertiary/aromatic N) is 1. The van der Waals surface area contributed by atoms with Crippen LogP contribution in [0.4, 0.5) is 15.8 Å². The molecule has 1 amide bonds. The van der Waals surface area contributed by atoms with Crippen LogP contribution < -0.4 is 10.6 Å². The lowest BCUT2D eigenvalue weighted by molar-refractivity contribution is -0.140. The van der Waals surface area contributed by atoms with Crippen LogP contribution in [0.3, 0.4) is 0 Å². The van der Waals surface area contributed by atoms with Crippen LogP contribution in [0.5, 0.6) is 0 Å². The number of anilines is 2. The van der Waals surface area contributed by atoms with E-state index in [2.05, 4.69) is 27.7 Å². The van der Waals surface area contributed by atoms with Gasteiger partial charge in [-0.05, 0) is 74.0 Å². The lowest BCUT2D eigenvalue weighted by Gasteiger charge is -2.16. The van der Waals surface area contributed by atoms with Gasteiger partial charge < -0.3 is 20.3 Å². The predicted octanol–water partition coefficient (Wildman–Crippen LogP) is 4.97. The maximum Gasteiger partial charge on any atom is 0.305 e. The normalized spacial score (nSPS) is 13.9. The van der Waals surface area contributed by atoms with Crippen molar-refractivity contribution >= 4 is 34.5 Å². The number of hydrogen-bond donors (Lipinski definition) is 2. The predicted molar refractivity (Wildman–Crippen MR) is 141 cm³/mol. The van der Waals surface area contributed by atoms with Gasteiger partial charge in [0.1, 0.15) is 5.82 Å². The van der Waals surface area contributed by atoms with Crippen molar-refractivity contribution in [2.75, 3.05) is 38.4 Å². The van der Waals surface area contributed by atoms with E-state index >= 15 is 0 Å². The number of esters is 1. The largest absolute Gasteiger partial charge is 0.469 e. The number of aryl methyl sites for hydroxylation is 1. The number of rotatable bonds is 9. The Kier molecular flexibility index (Phi) is 7.80. The van der Waals surface area contributed by atoms with E-state index in [0.29, 0.717) is 35.4 Å². The van der Waals surface area contributed by atoms with Gasteiger partial charge in [-0.2, -0.15) is 0 Å². The van der Waals surface area contributed by atoms with E-state index in [9.17, 15) is 14.0 Å². The van der Waals surface area contributed by atoms with Crippen LogP contribution in [-0.2, 0) is 27.2 Å². The fourth-order valence-electron chi connectivity index (χ4n) is 4.11. The zero-order chi connectivity index (χ0) is 25.7. The van der Waals surface area contributed by atoms with Crippen LogP contribution >= 0.6 is 0 Å². The van der Waals surface area contributed by atoms with Crippen LogP contribution in [0.25, 0.3) is 11.3 Å². The number of carbonyl (C=O) groups excluding carboxylic acids is 2. The Balaban J connectivity index is 1.69. The zero-order valence-corrected chi connectivity index (χ0v) is 20.7. The van der Waals surface area contributed by atoms with Gasteiger partial charge >= 0.3 is 5.97 Å². The average molecular weight is 488 g/mol. The van der Waals surface area contributed by atoms with Crippen molar-refractivity contribution in [1.82, 2.24) is 4.90 Å². The topological polar surface area (TPSA) is 70.7 Å². The average Bonchev–Trinajstić information content (AvgIpc) is 3.20. The lowest BCUT2D eigenvalue weighted by atomic mass is 9.98. The number of nitrogens with one attached hydrogen (secondary N) is 2. The Morgan fingerprint density at radius 1 is 0.972 bits per heavy atom. The monoisotopic (exact) mass is 487 g/mol. The molecule has 186 valence electrons. The van der Waals surface area contributed by atoms with Crippen LogP contribution in [0, 0.1) is 5.82 Å². The highest BCUT2D eigenvalue weighted by Crippen LogP contribution is 2.38. The first-order chi connectivity index (χ1) is 17.3. The SMILES string of the molecule is COC(=O)CCc1ccc(C(Nc2ccc(CCN(C)C)cc2)=C2C(=O)Nc3cc(F)ccc32)cc1. The molecule has 3 aromatic carbocycles. The van der Waals surface area contributed by atoms with E-state index < -0.39 is 5.82 Å². The highest BCUT2D eigenvalue weighted by molar-refractivity contribution is 6.37. The first-order valence-corrected chi connectivity index (χ1v) is 11.9. The third-order valence-corrected chi connectivity index (χ3v) is 6.14. The quantitative estimate of drug-likeness (QED) is 0.330. The second-order valence-corrected chi connectivity index (χ2v) is 9.04. The summed E-state index contributed by atoms with van der Waals surface area (Å²) in [5.74, 6) is -0.965. The molecule has 0 aromatic heterocycles. The van der Waals surface area contributed by atoms with Crippen molar-refractivity contribution in [3.8, 4) is 0 Å². The van der Waals surface area contributed by atoms with Gasteiger partial charge in [0.25, 0.3) is 5.91 Å². The Bertz CT molecular complexity index is 1280. The standard InChI is InChI=1S/C29H30FN3O3/c1-33(2)17-16-20-6-12-23(13-7-20)31-28(21-9-4-19(5-10-21)8-15-26(34)36-3)27-24-14-11-22(30)18-25(24)32-29(27)35/h4-7,9-14,18,31H,8,15-17H2,1-3H3,(H,32,35). The highest BCUT2D eigenvalue weighted by Gasteiger charge is 2.28. The molecule has 0 saturated carbocycles. The molecule has 7 heteroatoms. The van der Waals surface area contributed by atoms with Crippen LogP contribution in [0.15, 0.2) is 66.7 Å². The van der Waals surface area contributed by atoms with Crippen molar-refractivity contribution in [2.24, 2.45) is 0 Å². The summed E-state index contributed by atoms with van der Waals surface area (Å²) in [5.41, 5.74) is 6.00. The first kappa shape index (κ1) is 25.1. The van der Waals surface area contributed by atoms with Gasteiger partial charge in [0, 0.05) is 24.2 Å². The molecule has 36 heavy (non-hydrogen) atoms. The number of fused-ring (bicyclic) bond motifs is 1. The molecule has 4 rings (SSSR count). The van der Waals surface area contributed by atoms with E-state index in [1.807, 2.05) is 50.5 Å². The fraction of sp³-hybridized carbons (Fsp3) is 0.241. The minimum atomic E-state index is -0.409. The minimum Gasteiger partial charge on any atom is -0.469 e. The van der Waals surface area contributed by atoms with E-state index in [4.69, 9.17) is 4.74 Å². The molecule has 1 aliphatic rings. The summed E-state index contributed by atoms with van der Waals surface area (Å²) in [6.07, 6.45) is 1.79. The van der Waals surface area contributed by atoms with E-state index in [1.165, 1.54) is 24.8 Å². The molecule has 0 fully saturated rings. The molecule has 0 unspecified atom stereocenters. The van der Waals surface area contributed by atoms with Crippen LogP contribution in [0.2, 0.25) is 0 Å². The van der Waals surface area contributed by atoms with Crippen molar-refractivity contribution in [2.45, 2.75) is 19.3 Å². The number of benzene rings is 3. The van der Waals surface area contributed by atoms with Gasteiger partial charge in [0.05, 0.1) is 24.1 Å². The number of methoxy groups -OCH3 is 1. The molecule has 0 spiro atoms. The Labute approximate surface area is 210 Å². The summed E-state index contributed by atoms with van der Waals surface area (Å²) >= 11 is 0. The van der Waals surface area contributed by atoms with Crippen molar-refractivity contribution < 1.29 is 18.7 Å². The lowest BCUT2D eigenvalue weighted by Crippen LogP contribution is -2.15. The van der Waals surface area contributed by atoms with E-state index in [1.54, 1.807) is 6.07 Å². The number of carbonyl (C=O) groups is 2. The number of halogens is 1. The van der Waals surface area contributed by atoms with E-state index in [0.717, 1.165) is 29.8 Å². The van der Waals surface area contributed by atoms with Crippen molar-refractivity contribution in [3.05, 3.63) is 94.8 Å². The maximum atomic E-state index is 13.8. The summed E-state index contributed by atoms with van der Waals surface area (Å²) in [4.78, 5) is 26.7. The second kappa shape index (κ2) is 11.2. The van der Waals surface area contributed by atoms with E-state index in [-0.39, 0.29) is 11.9 Å². The highest BCUT2D eigenvalue weighted by atomic mass is 19.1. The van der Waals surface area contributed by atoms with Gasteiger partial charge in [-0.1, -0.05) is 36.4 Å². The summed E-state index contributed by atoms with van der Waals surface area (Å²) in [6, 6.07) is 20.1. The molecule has 0 atom stereocenters. The molecule has 2 N–H and O–H groups in total. The maximum absolute atomic E-state index is 13.8. The molecule has 1 heterocycles. The van der Waals surface area contributed by atoms with Gasteiger partial charge in [-0.25, -0.2) is 4.39 Å². The molecular formula is C29H30FN3O3. The summed E-state index contributed by atoms with van der Waals surface area (Å²) in [7, 11) is 5.47. The molecule has 1 aliphatic heterocycles. The Morgan fingerprint density at radius 3 is 2.31 bits per heavy atom. The molecule has 3 aromatic rings. The summed E-state index contributed by atoms with van der Waals surface area (Å²) in [5, 5.41) is 6.21. The molecule has 0 radical (unpaired) electrons. The van der Waals surface area contributed by atoms with Crippen LogP contribution in [-0.4, -0.2) is 44.5 Å². The number of hydrogen-bond acceptors (Lipinski definition) is 5. The van der Waals surface area contributed by atoms with Gasteiger partial charge in [0.15, 0.2) is 0 Å². The van der Waals surface area contributed by atoms with Gasteiger partial charge in [-0.3, -0.25) is 9.59 Å². The molecule has 0 saturated heterocycles. The zero-order valence-electron chi connectivity index (χ0n) is 20.7. The molecular weight excluding hydrogens is 457 g/mol. The number of ether oxygens (including phenoxy) is 1. The minimum absolute atomic E-state index is 0.260. The third-order valence-electron chi connectivity index (χ3n) is 6.14. The van der Waals surface area contributed by atoms with Crippen LogP contribution in [0.1, 0.15) is 28.7 Å². The van der Waals surface area contributed by atoms with Gasteiger partial charge in [-0.15, -0.1) is 0 Å². The first-order valence-electron chi connectivity index (χ1n) is 11.9. The van der Waals surface area contributed by atoms with Crippen molar-refractivity contribution in [1.29, 1.82) is 0 Å². The number of amides is 1. The summed E-state index contributed by atoms with van der Waals surface area (Å²) < 4.78 is 18.5. The summed E-state index contributed by atoms with van der Waals surface area (Å²) in [6.45, 7) is 0.956.